The van der Waals surface area contributed by atoms with Gasteiger partial charge in [0.05, 0.1) is 70.3 Å². The molecule has 0 spiro atoms. The molecule has 6 N–H and O–H groups in total. The standard InChI is InChI=1S/C56H74N8O6S4/c1-31(57-7)51(71)59-39-21-23-73-43-27-55(3,4)47(63(43)53(39)67)49(65)61-45-37-15-11-9-13-35(37)25-41(45)69-29-33-17-19-34(20-18-33)30-70-42-26-36-14-10-12-16-38(36)46(42)62-50(66)48-56(5,6)28-44-64(48)54(68)40(22-24-74-44)60-52(72)32(2)58-8/h9-20,31-32,39-48,57-58H,21-30H2,1-8H3,(H,59,71)(H,60,72)(H,61,65)(H,62,66)/t31-,32-,39-,40-,41+,42+,43-,44-,45-,46-,47+,48+/m0/s1. The summed E-state index contributed by atoms with van der Waals surface area (Å²) in [5.41, 5.74) is 5.38. The average molecular weight is 1080 g/mol. The highest BCUT2D eigenvalue weighted by Gasteiger charge is 2.57. The summed E-state index contributed by atoms with van der Waals surface area (Å²) in [5, 5.41) is 19.6. The number of nitrogens with zero attached hydrogens (tertiary/aromatic N) is 2. The molecule has 398 valence electrons. The minimum Gasteiger partial charge on any atom is -0.371 e. The van der Waals surface area contributed by atoms with Crippen molar-refractivity contribution in [2.75, 3.05) is 25.6 Å². The van der Waals surface area contributed by atoms with Crippen molar-refractivity contribution in [2.45, 2.75) is 165 Å². The second-order valence-corrected chi connectivity index (χ2v) is 25.8. The van der Waals surface area contributed by atoms with Crippen molar-refractivity contribution >= 4 is 81.6 Å². The Hall–Kier alpha value is -4.14. The van der Waals surface area contributed by atoms with Crippen LogP contribution in [0.4, 0.5) is 0 Å². The van der Waals surface area contributed by atoms with Gasteiger partial charge in [-0.1, -0.05) is 125 Å². The van der Waals surface area contributed by atoms with Gasteiger partial charge in [-0.3, -0.25) is 19.2 Å². The fraction of sp³-hybridized carbons (Fsp3) is 0.571. The number of thioether (sulfide) groups is 2. The van der Waals surface area contributed by atoms with Crippen molar-refractivity contribution in [1.82, 2.24) is 41.7 Å². The van der Waals surface area contributed by atoms with Crippen LogP contribution in [0.3, 0.4) is 0 Å². The lowest BCUT2D eigenvalue weighted by Gasteiger charge is -2.35. The number of hydrogen-bond acceptors (Lipinski definition) is 12. The molecule has 4 aliphatic heterocycles. The van der Waals surface area contributed by atoms with Crippen LogP contribution in [0, 0.1) is 10.8 Å². The fourth-order valence-electron chi connectivity index (χ4n) is 11.9. The van der Waals surface area contributed by atoms with Gasteiger partial charge >= 0.3 is 0 Å². The third-order valence-corrected chi connectivity index (χ3v) is 19.7. The Morgan fingerprint density at radius 1 is 0.622 bits per heavy atom. The van der Waals surface area contributed by atoms with Gasteiger partial charge in [-0.2, -0.15) is 0 Å². The minimum absolute atomic E-state index is 0.0824. The molecule has 12 atom stereocenters. The van der Waals surface area contributed by atoms with Crippen LogP contribution in [0.1, 0.15) is 113 Å². The maximum absolute atomic E-state index is 14.7. The SMILES string of the molecule is CN[C@@H](C)C(=S)N[C@H]1CCS[C@H]2CC(C)(C)[C@@H](C(=O)N[C@H]3c4ccccc4C[C@H]3OCc3ccc(CO[C@@H]4Cc5ccccc5[C@@H]4NC(=O)[C@H]4N5C(=O)[C@@H](NC(=S)[C@H](C)NC)CCS[C@H]5CC4(C)C)cc3)N2C1=O. The number of ether oxygens (including phenoxy) is 2. The Morgan fingerprint density at radius 2 is 1.00 bits per heavy atom. The first-order valence-corrected chi connectivity index (χ1v) is 29.2. The second kappa shape index (κ2) is 22.8. The van der Waals surface area contributed by atoms with Crippen molar-refractivity contribution < 1.29 is 28.7 Å². The number of likely N-dealkylation sites (N-methyl/N-ethyl adjacent to an activating group) is 2. The molecule has 2 aliphatic carbocycles. The number of amides is 4. The highest BCUT2D eigenvalue weighted by atomic mass is 32.2. The van der Waals surface area contributed by atoms with Gasteiger partial charge in [0, 0.05) is 12.8 Å². The van der Waals surface area contributed by atoms with E-state index in [-0.39, 0.29) is 58.7 Å². The molecule has 4 saturated heterocycles. The molecule has 6 aliphatic rings. The molecule has 0 bridgehead atoms. The third-order valence-electron chi connectivity index (χ3n) is 16.3. The van der Waals surface area contributed by atoms with Gasteiger partial charge in [-0.15, -0.1) is 23.5 Å². The van der Waals surface area contributed by atoms with Crippen molar-refractivity contribution in [1.29, 1.82) is 0 Å². The molecular weight excluding hydrogens is 1010 g/mol. The van der Waals surface area contributed by atoms with Gasteiger partial charge in [0.2, 0.25) is 23.6 Å². The Bertz CT molecular complexity index is 2430. The van der Waals surface area contributed by atoms with E-state index in [1.807, 2.05) is 62.0 Å². The first kappa shape index (κ1) is 54.6. The van der Waals surface area contributed by atoms with Crippen LogP contribution in [-0.2, 0) is 54.7 Å². The zero-order valence-electron chi connectivity index (χ0n) is 43.9. The first-order chi connectivity index (χ1) is 35.4. The van der Waals surface area contributed by atoms with Crippen LogP contribution in [0.25, 0.3) is 0 Å². The maximum Gasteiger partial charge on any atom is 0.246 e. The van der Waals surface area contributed by atoms with Gasteiger partial charge in [-0.25, -0.2) is 0 Å². The van der Waals surface area contributed by atoms with E-state index < -0.39 is 47.1 Å². The normalized spacial score (nSPS) is 29.5. The van der Waals surface area contributed by atoms with Crippen molar-refractivity contribution in [3.8, 4) is 0 Å². The number of nitrogens with one attached hydrogen (secondary N) is 6. The van der Waals surface area contributed by atoms with Gasteiger partial charge in [0.25, 0.3) is 0 Å². The molecule has 0 saturated carbocycles. The van der Waals surface area contributed by atoms with Crippen molar-refractivity contribution in [2.24, 2.45) is 10.8 Å². The van der Waals surface area contributed by atoms with Crippen molar-refractivity contribution in [3.63, 3.8) is 0 Å². The molecule has 74 heavy (non-hydrogen) atoms. The predicted molar refractivity (Wildman–Crippen MR) is 302 cm³/mol. The molecular formula is C56H74N8O6S4. The summed E-state index contributed by atoms with van der Waals surface area (Å²) in [6, 6.07) is 21.3. The molecule has 4 heterocycles. The lowest BCUT2D eigenvalue weighted by molar-refractivity contribution is -0.143. The molecule has 0 unspecified atom stereocenters. The quantitative estimate of drug-likeness (QED) is 0.0893. The Kier molecular flexibility index (Phi) is 16.9. The topological polar surface area (TPSA) is 165 Å². The average Bonchev–Trinajstić information content (AvgIpc) is 4.03. The van der Waals surface area contributed by atoms with E-state index in [1.165, 1.54) is 0 Å². The lowest BCUT2D eigenvalue weighted by atomic mass is 9.83. The zero-order valence-corrected chi connectivity index (χ0v) is 47.2. The number of carbonyl (C=O) groups excluding carboxylic acids is 4. The zero-order chi connectivity index (χ0) is 52.6. The monoisotopic (exact) mass is 1080 g/mol. The molecule has 4 fully saturated rings. The number of hydrogen-bond donors (Lipinski definition) is 6. The van der Waals surface area contributed by atoms with E-state index in [0.717, 1.165) is 44.9 Å². The van der Waals surface area contributed by atoms with E-state index in [1.54, 1.807) is 23.5 Å². The third kappa shape index (κ3) is 11.3. The molecule has 4 amide bonds. The Labute approximate surface area is 456 Å². The molecule has 18 heteroatoms. The molecule has 3 aromatic rings. The summed E-state index contributed by atoms with van der Waals surface area (Å²) >= 11 is 14.8. The summed E-state index contributed by atoms with van der Waals surface area (Å²) < 4.78 is 13.4. The highest BCUT2D eigenvalue weighted by Crippen LogP contribution is 2.49. The first-order valence-electron chi connectivity index (χ1n) is 26.3. The minimum atomic E-state index is -0.664. The number of benzene rings is 3. The molecule has 0 aromatic heterocycles. The van der Waals surface area contributed by atoms with E-state index in [2.05, 4.69) is 108 Å². The smallest absolute Gasteiger partial charge is 0.246 e. The van der Waals surface area contributed by atoms with Gasteiger partial charge in [0.1, 0.15) is 24.2 Å². The number of thiocarbonyl (C=S) groups is 2. The summed E-state index contributed by atoms with van der Waals surface area (Å²) in [7, 11) is 3.68. The Balaban J connectivity index is 0.841. The fourth-order valence-corrected chi connectivity index (χ4v) is 15.6. The largest absolute Gasteiger partial charge is 0.371 e. The van der Waals surface area contributed by atoms with Crippen molar-refractivity contribution in [3.05, 3.63) is 106 Å². The number of fused-ring (bicyclic) bond motifs is 4. The van der Waals surface area contributed by atoms with Crippen LogP contribution in [-0.4, -0.2) is 128 Å². The van der Waals surface area contributed by atoms with Crippen LogP contribution < -0.4 is 31.9 Å². The molecule has 14 nitrogen and oxygen atoms in total. The number of carbonyl (C=O) groups is 4. The summed E-state index contributed by atoms with van der Waals surface area (Å²) in [6.45, 7) is 13.0. The van der Waals surface area contributed by atoms with Crippen LogP contribution in [0.5, 0.6) is 0 Å². The Morgan fingerprint density at radius 3 is 1.38 bits per heavy atom. The second-order valence-electron chi connectivity index (χ2n) is 22.3. The van der Waals surface area contributed by atoms with Gasteiger partial charge in [-0.05, 0) is 109 Å². The maximum atomic E-state index is 14.7. The molecule has 0 radical (unpaired) electrons. The van der Waals surface area contributed by atoms with Gasteiger partial charge < -0.3 is 51.2 Å². The highest BCUT2D eigenvalue weighted by molar-refractivity contribution is 8.00. The number of rotatable bonds is 16. The van der Waals surface area contributed by atoms with E-state index in [9.17, 15) is 19.2 Å². The molecule has 9 rings (SSSR count). The molecule has 3 aromatic carbocycles. The summed E-state index contributed by atoms with van der Waals surface area (Å²) in [4.78, 5) is 63.0. The van der Waals surface area contributed by atoms with Crippen LogP contribution in [0.15, 0.2) is 72.8 Å². The van der Waals surface area contributed by atoms with Gasteiger partial charge in [0.15, 0.2) is 0 Å². The van der Waals surface area contributed by atoms with E-state index >= 15 is 0 Å². The van der Waals surface area contributed by atoms with E-state index in [0.29, 0.717) is 61.7 Å². The summed E-state index contributed by atoms with van der Waals surface area (Å²) in [6.07, 6.45) is 3.34. The lowest BCUT2D eigenvalue weighted by Crippen LogP contribution is -2.58. The summed E-state index contributed by atoms with van der Waals surface area (Å²) in [5.74, 6) is 1.07. The predicted octanol–water partition coefficient (Wildman–Crippen LogP) is 6.25. The van der Waals surface area contributed by atoms with E-state index in [4.69, 9.17) is 33.9 Å². The van der Waals surface area contributed by atoms with Crippen LogP contribution >= 0.6 is 48.0 Å². The van der Waals surface area contributed by atoms with Crippen LogP contribution in [0.2, 0.25) is 0 Å².